The van der Waals surface area contributed by atoms with Crippen molar-refractivity contribution in [2.75, 3.05) is 13.2 Å². The molecule has 0 radical (unpaired) electrons. The fourth-order valence-corrected chi connectivity index (χ4v) is 2.32. The normalized spacial score (nSPS) is 21.8. The van der Waals surface area contributed by atoms with Gasteiger partial charge in [0.05, 0.1) is 18.2 Å². The quantitative estimate of drug-likeness (QED) is 0.859. The summed E-state index contributed by atoms with van der Waals surface area (Å²) in [4.78, 5) is 4.37. The highest BCUT2D eigenvalue weighted by Gasteiger charge is 2.25. The molecule has 2 aromatic rings. The van der Waals surface area contributed by atoms with Gasteiger partial charge in [0, 0.05) is 24.1 Å². The Labute approximate surface area is 100 Å². The molecule has 0 spiro atoms. The highest BCUT2D eigenvalue weighted by Crippen LogP contribution is 2.29. The standard InChI is InChI=1S/C14H15NO2/c16-14(11-5-6-17-9-11)12-7-10-3-1-2-4-13(10)15-8-12/h1-4,7-8,11,14,16H,5-6,9H2. The van der Waals surface area contributed by atoms with Crippen LogP contribution in [0.2, 0.25) is 0 Å². The average molecular weight is 229 g/mol. The number of rotatable bonds is 2. The van der Waals surface area contributed by atoms with Crippen LogP contribution in [0.5, 0.6) is 0 Å². The number of aromatic nitrogens is 1. The molecule has 2 heterocycles. The number of nitrogens with zero attached hydrogens (tertiary/aromatic N) is 1. The summed E-state index contributed by atoms with van der Waals surface area (Å²) in [5.74, 6) is 0.206. The summed E-state index contributed by atoms with van der Waals surface area (Å²) in [5.41, 5.74) is 1.85. The second kappa shape index (κ2) is 4.43. The second-order valence-electron chi connectivity index (χ2n) is 4.53. The topological polar surface area (TPSA) is 42.4 Å². The van der Waals surface area contributed by atoms with Gasteiger partial charge in [-0.25, -0.2) is 0 Å². The van der Waals surface area contributed by atoms with Crippen molar-refractivity contribution in [1.29, 1.82) is 0 Å². The zero-order valence-corrected chi connectivity index (χ0v) is 9.54. The third kappa shape index (κ3) is 2.04. The number of ether oxygens (including phenoxy) is 1. The van der Waals surface area contributed by atoms with Crippen LogP contribution < -0.4 is 0 Å². The fourth-order valence-electron chi connectivity index (χ4n) is 2.32. The molecule has 3 rings (SSSR count). The number of aliphatic hydroxyl groups is 1. The Kier molecular flexibility index (Phi) is 2.79. The van der Waals surface area contributed by atoms with E-state index in [-0.39, 0.29) is 5.92 Å². The fraction of sp³-hybridized carbons (Fsp3) is 0.357. The first kappa shape index (κ1) is 10.7. The molecular weight excluding hydrogens is 214 g/mol. The lowest BCUT2D eigenvalue weighted by Gasteiger charge is -2.16. The van der Waals surface area contributed by atoms with Crippen molar-refractivity contribution < 1.29 is 9.84 Å². The summed E-state index contributed by atoms with van der Waals surface area (Å²) >= 11 is 0. The van der Waals surface area contributed by atoms with Crippen LogP contribution in [0.1, 0.15) is 18.1 Å². The van der Waals surface area contributed by atoms with Crippen LogP contribution in [0.25, 0.3) is 10.9 Å². The Balaban J connectivity index is 1.94. The van der Waals surface area contributed by atoms with E-state index in [1.165, 1.54) is 0 Å². The van der Waals surface area contributed by atoms with Gasteiger partial charge in [-0.15, -0.1) is 0 Å². The van der Waals surface area contributed by atoms with E-state index in [0.29, 0.717) is 6.61 Å². The Morgan fingerprint density at radius 2 is 2.24 bits per heavy atom. The molecule has 2 atom stereocenters. The number of aliphatic hydroxyl groups excluding tert-OH is 1. The molecule has 0 bridgehead atoms. The third-order valence-electron chi connectivity index (χ3n) is 3.36. The minimum atomic E-state index is -0.463. The summed E-state index contributed by atoms with van der Waals surface area (Å²) in [6.45, 7) is 1.40. The molecule has 0 aliphatic carbocycles. The Bertz CT molecular complexity index is 520. The zero-order chi connectivity index (χ0) is 11.7. The maximum Gasteiger partial charge on any atom is 0.0856 e. The van der Waals surface area contributed by atoms with Gasteiger partial charge in [-0.05, 0) is 24.1 Å². The van der Waals surface area contributed by atoms with Gasteiger partial charge in [-0.1, -0.05) is 18.2 Å². The lowest BCUT2D eigenvalue weighted by atomic mass is 9.95. The molecule has 2 unspecified atom stereocenters. The summed E-state index contributed by atoms with van der Waals surface area (Å²) < 4.78 is 5.31. The van der Waals surface area contributed by atoms with Crippen molar-refractivity contribution in [2.24, 2.45) is 5.92 Å². The molecular formula is C14H15NO2. The number of benzene rings is 1. The molecule has 1 N–H and O–H groups in total. The van der Waals surface area contributed by atoms with Gasteiger partial charge < -0.3 is 9.84 Å². The third-order valence-corrected chi connectivity index (χ3v) is 3.36. The molecule has 1 aliphatic heterocycles. The molecule has 1 aromatic carbocycles. The number of para-hydroxylation sites is 1. The van der Waals surface area contributed by atoms with Crippen LogP contribution in [0, 0.1) is 5.92 Å². The zero-order valence-electron chi connectivity index (χ0n) is 9.54. The smallest absolute Gasteiger partial charge is 0.0856 e. The first-order chi connectivity index (χ1) is 8.34. The molecule has 0 amide bonds. The van der Waals surface area contributed by atoms with E-state index in [4.69, 9.17) is 4.74 Å². The lowest BCUT2D eigenvalue weighted by Crippen LogP contribution is -2.12. The predicted molar refractivity (Wildman–Crippen MR) is 65.6 cm³/mol. The Morgan fingerprint density at radius 1 is 1.35 bits per heavy atom. The molecule has 3 heteroatoms. The van der Waals surface area contributed by atoms with Gasteiger partial charge in [0.2, 0.25) is 0 Å². The highest BCUT2D eigenvalue weighted by atomic mass is 16.5. The first-order valence-corrected chi connectivity index (χ1v) is 5.95. The van der Waals surface area contributed by atoms with E-state index in [1.54, 1.807) is 6.20 Å². The summed E-state index contributed by atoms with van der Waals surface area (Å²) in [5, 5.41) is 11.3. The van der Waals surface area contributed by atoms with Crippen LogP contribution in [0.4, 0.5) is 0 Å². The minimum Gasteiger partial charge on any atom is -0.388 e. The van der Waals surface area contributed by atoms with Crippen molar-refractivity contribution >= 4 is 10.9 Å². The summed E-state index contributed by atoms with van der Waals surface area (Å²) in [6.07, 6.45) is 2.23. The van der Waals surface area contributed by atoms with E-state index in [9.17, 15) is 5.11 Å². The van der Waals surface area contributed by atoms with E-state index in [0.717, 1.165) is 29.5 Å². The maximum atomic E-state index is 10.3. The molecule has 1 fully saturated rings. The Hall–Kier alpha value is -1.45. The van der Waals surface area contributed by atoms with Crippen molar-refractivity contribution in [1.82, 2.24) is 4.98 Å². The van der Waals surface area contributed by atoms with Crippen molar-refractivity contribution in [3.05, 3.63) is 42.1 Å². The van der Waals surface area contributed by atoms with Gasteiger partial charge in [0.25, 0.3) is 0 Å². The summed E-state index contributed by atoms with van der Waals surface area (Å²) in [6, 6.07) is 9.97. The van der Waals surface area contributed by atoms with E-state index in [1.807, 2.05) is 30.3 Å². The minimum absolute atomic E-state index is 0.206. The molecule has 88 valence electrons. The molecule has 17 heavy (non-hydrogen) atoms. The van der Waals surface area contributed by atoms with Crippen LogP contribution in [0.15, 0.2) is 36.5 Å². The van der Waals surface area contributed by atoms with Gasteiger partial charge in [0.15, 0.2) is 0 Å². The van der Waals surface area contributed by atoms with E-state index in [2.05, 4.69) is 4.98 Å². The maximum absolute atomic E-state index is 10.3. The number of fused-ring (bicyclic) bond motifs is 1. The van der Waals surface area contributed by atoms with Crippen molar-refractivity contribution in [2.45, 2.75) is 12.5 Å². The Morgan fingerprint density at radius 3 is 3.06 bits per heavy atom. The number of hydrogen-bond acceptors (Lipinski definition) is 3. The van der Waals surface area contributed by atoms with E-state index >= 15 is 0 Å². The van der Waals surface area contributed by atoms with Crippen LogP contribution in [-0.2, 0) is 4.74 Å². The second-order valence-corrected chi connectivity index (χ2v) is 4.53. The van der Waals surface area contributed by atoms with Gasteiger partial charge >= 0.3 is 0 Å². The molecule has 1 aliphatic rings. The van der Waals surface area contributed by atoms with Gasteiger partial charge in [0.1, 0.15) is 0 Å². The first-order valence-electron chi connectivity index (χ1n) is 5.95. The van der Waals surface area contributed by atoms with E-state index < -0.39 is 6.10 Å². The largest absolute Gasteiger partial charge is 0.388 e. The van der Waals surface area contributed by atoms with Crippen LogP contribution >= 0.6 is 0 Å². The lowest BCUT2D eigenvalue weighted by molar-refractivity contribution is 0.0917. The predicted octanol–water partition coefficient (Wildman–Crippen LogP) is 2.30. The SMILES string of the molecule is OC(c1cnc2ccccc2c1)C1CCOC1. The number of hydrogen-bond donors (Lipinski definition) is 1. The number of pyridine rings is 1. The van der Waals surface area contributed by atoms with Crippen molar-refractivity contribution in [3.8, 4) is 0 Å². The molecule has 1 saturated heterocycles. The molecule has 3 nitrogen and oxygen atoms in total. The molecule has 0 saturated carbocycles. The average Bonchev–Trinajstić information content (AvgIpc) is 2.91. The van der Waals surface area contributed by atoms with Gasteiger partial charge in [-0.3, -0.25) is 4.98 Å². The molecule has 1 aromatic heterocycles. The van der Waals surface area contributed by atoms with Crippen LogP contribution in [0.3, 0.4) is 0 Å². The van der Waals surface area contributed by atoms with Gasteiger partial charge in [-0.2, -0.15) is 0 Å². The monoisotopic (exact) mass is 229 g/mol. The highest BCUT2D eigenvalue weighted by molar-refractivity contribution is 5.78. The van der Waals surface area contributed by atoms with Crippen molar-refractivity contribution in [3.63, 3.8) is 0 Å². The van der Waals surface area contributed by atoms with Crippen LogP contribution in [-0.4, -0.2) is 23.3 Å². The summed E-state index contributed by atoms with van der Waals surface area (Å²) in [7, 11) is 0.